The van der Waals surface area contributed by atoms with E-state index in [0.29, 0.717) is 23.5 Å². The molecule has 2 aromatic heterocycles. The average molecular weight is 345 g/mol. The number of piperidine rings is 1. The minimum Gasteiger partial charge on any atom is -0.467 e. The lowest BCUT2D eigenvalue weighted by atomic mass is 10.0. The summed E-state index contributed by atoms with van der Waals surface area (Å²) >= 11 is 5.31. The van der Waals surface area contributed by atoms with Crippen molar-refractivity contribution in [2.45, 2.75) is 33.2 Å². The van der Waals surface area contributed by atoms with Gasteiger partial charge in [0.2, 0.25) is 5.95 Å². The van der Waals surface area contributed by atoms with Crippen LogP contribution in [0.2, 0.25) is 0 Å². The van der Waals surface area contributed by atoms with Crippen molar-refractivity contribution in [3.8, 4) is 0 Å². The van der Waals surface area contributed by atoms with Crippen molar-refractivity contribution < 1.29 is 4.42 Å². The predicted octanol–water partition coefficient (Wildman–Crippen LogP) is 3.10. The summed E-state index contributed by atoms with van der Waals surface area (Å²) in [6.07, 6.45) is 4.13. The fourth-order valence-corrected chi connectivity index (χ4v) is 3.06. The van der Waals surface area contributed by atoms with E-state index in [1.165, 1.54) is 12.8 Å². The second-order valence-electron chi connectivity index (χ2n) is 6.27. The van der Waals surface area contributed by atoms with Crippen LogP contribution >= 0.6 is 12.2 Å². The summed E-state index contributed by atoms with van der Waals surface area (Å²) in [4.78, 5) is 11.4. The third-order valence-corrected chi connectivity index (χ3v) is 4.30. The second-order valence-corrected chi connectivity index (χ2v) is 6.68. The fourth-order valence-electron chi connectivity index (χ4n) is 2.89. The van der Waals surface area contributed by atoms with Gasteiger partial charge in [0.1, 0.15) is 11.6 Å². The lowest BCUT2D eigenvalue weighted by Gasteiger charge is -2.32. The Morgan fingerprint density at radius 2 is 2.33 bits per heavy atom. The first-order valence-corrected chi connectivity index (χ1v) is 8.69. The normalized spacial score (nSPS) is 17.6. The van der Waals surface area contributed by atoms with Gasteiger partial charge in [0.05, 0.1) is 12.8 Å². The molecule has 1 aliphatic heterocycles. The highest BCUT2D eigenvalue weighted by molar-refractivity contribution is 7.80. The molecule has 6 nitrogen and oxygen atoms in total. The number of hydrogen-bond acceptors (Lipinski definition) is 5. The maximum Gasteiger partial charge on any atom is 0.231 e. The monoisotopic (exact) mass is 345 g/mol. The van der Waals surface area contributed by atoms with Crippen LogP contribution in [0.4, 0.5) is 11.8 Å². The molecule has 2 aromatic rings. The number of nitrogens with one attached hydrogen (secondary N) is 2. The number of thiocarbonyl (C=S) groups is 1. The number of nitrogens with zero attached hydrogens (tertiary/aromatic N) is 3. The van der Waals surface area contributed by atoms with E-state index in [2.05, 4.69) is 32.4 Å². The maximum absolute atomic E-state index is 5.31. The van der Waals surface area contributed by atoms with Crippen LogP contribution in [0, 0.1) is 12.8 Å². The first-order chi connectivity index (χ1) is 11.6. The van der Waals surface area contributed by atoms with Gasteiger partial charge in [-0.15, -0.1) is 0 Å². The summed E-state index contributed by atoms with van der Waals surface area (Å²) in [5.74, 6) is 3.01. The molecule has 1 aliphatic rings. The molecule has 0 bridgehead atoms. The molecular formula is C17H23N5OS. The molecule has 0 aliphatic carbocycles. The molecule has 1 saturated heterocycles. The van der Waals surface area contributed by atoms with E-state index in [9.17, 15) is 0 Å². The van der Waals surface area contributed by atoms with Gasteiger partial charge in [0.25, 0.3) is 0 Å². The molecule has 128 valence electrons. The van der Waals surface area contributed by atoms with Gasteiger partial charge in [-0.3, -0.25) is 0 Å². The zero-order valence-electron chi connectivity index (χ0n) is 14.1. The standard InChI is InChI=1S/C17H23N5OS/c1-12-5-3-7-22(11-12)15-9-13(2)19-16(20-15)21-17(24)18-10-14-6-4-8-23-14/h4,6,8-9,12H,3,5,7,10-11H2,1-2H3,(H2,18,19,20,21,24). The van der Waals surface area contributed by atoms with Gasteiger partial charge in [-0.2, -0.15) is 4.98 Å². The van der Waals surface area contributed by atoms with Crippen LogP contribution in [0.15, 0.2) is 28.9 Å². The van der Waals surface area contributed by atoms with Gasteiger partial charge in [0.15, 0.2) is 5.11 Å². The quantitative estimate of drug-likeness (QED) is 0.825. The number of hydrogen-bond donors (Lipinski definition) is 2. The van der Waals surface area contributed by atoms with Crippen molar-refractivity contribution in [2.75, 3.05) is 23.3 Å². The van der Waals surface area contributed by atoms with Gasteiger partial charge in [-0.1, -0.05) is 6.92 Å². The lowest BCUT2D eigenvalue weighted by Crippen LogP contribution is -2.35. The first-order valence-electron chi connectivity index (χ1n) is 8.28. The van der Waals surface area contributed by atoms with Crippen molar-refractivity contribution in [1.29, 1.82) is 0 Å². The lowest BCUT2D eigenvalue weighted by molar-refractivity contribution is 0.444. The van der Waals surface area contributed by atoms with Crippen molar-refractivity contribution in [2.24, 2.45) is 5.92 Å². The van der Waals surface area contributed by atoms with Gasteiger partial charge in [-0.25, -0.2) is 4.98 Å². The van der Waals surface area contributed by atoms with Crippen molar-refractivity contribution in [1.82, 2.24) is 15.3 Å². The predicted molar refractivity (Wildman–Crippen MR) is 99.1 cm³/mol. The van der Waals surface area contributed by atoms with E-state index in [4.69, 9.17) is 16.6 Å². The molecular weight excluding hydrogens is 322 g/mol. The van der Waals surface area contributed by atoms with Gasteiger partial charge in [-0.05, 0) is 50.0 Å². The van der Waals surface area contributed by atoms with E-state index in [1.807, 2.05) is 25.1 Å². The fraction of sp³-hybridized carbons (Fsp3) is 0.471. The maximum atomic E-state index is 5.31. The topological polar surface area (TPSA) is 66.2 Å². The highest BCUT2D eigenvalue weighted by Crippen LogP contribution is 2.22. The van der Waals surface area contributed by atoms with E-state index in [1.54, 1.807) is 6.26 Å². The van der Waals surface area contributed by atoms with Crippen LogP contribution in [0.5, 0.6) is 0 Å². The highest BCUT2D eigenvalue weighted by Gasteiger charge is 2.18. The number of furan rings is 1. The number of rotatable bonds is 4. The van der Waals surface area contributed by atoms with E-state index >= 15 is 0 Å². The summed E-state index contributed by atoms with van der Waals surface area (Å²) < 4.78 is 5.27. The molecule has 1 atom stereocenters. The molecule has 0 aromatic carbocycles. The summed E-state index contributed by atoms with van der Waals surface area (Å²) in [6.45, 7) is 6.87. The number of aryl methyl sites for hydroxylation is 1. The SMILES string of the molecule is Cc1cc(N2CCCC(C)C2)nc(NC(=S)NCc2ccco2)n1. The molecule has 24 heavy (non-hydrogen) atoms. The zero-order chi connectivity index (χ0) is 16.9. The minimum absolute atomic E-state index is 0.481. The molecule has 1 fully saturated rings. The summed E-state index contributed by atoms with van der Waals surface area (Å²) in [6, 6.07) is 5.78. The Labute approximate surface area is 147 Å². The Balaban J connectivity index is 1.63. The van der Waals surface area contributed by atoms with Gasteiger partial charge < -0.3 is 20.0 Å². The van der Waals surface area contributed by atoms with Crippen LogP contribution in [0.1, 0.15) is 31.2 Å². The van der Waals surface area contributed by atoms with Crippen molar-refractivity contribution in [3.05, 3.63) is 35.9 Å². The third kappa shape index (κ3) is 4.44. The first kappa shape index (κ1) is 16.7. The van der Waals surface area contributed by atoms with Crippen molar-refractivity contribution in [3.63, 3.8) is 0 Å². The van der Waals surface area contributed by atoms with E-state index in [0.717, 1.165) is 30.4 Å². The summed E-state index contributed by atoms with van der Waals surface area (Å²) in [5.41, 5.74) is 0.926. The molecule has 0 amide bonds. The zero-order valence-corrected chi connectivity index (χ0v) is 14.9. The second kappa shape index (κ2) is 7.61. The molecule has 1 unspecified atom stereocenters. The van der Waals surface area contributed by atoms with Crippen LogP contribution in [0.3, 0.4) is 0 Å². The molecule has 7 heteroatoms. The Morgan fingerprint density at radius 3 is 3.08 bits per heavy atom. The Morgan fingerprint density at radius 1 is 1.46 bits per heavy atom. The van der Waals surface area contributed by atoms with E-state index < -0.39 is 0 Å². The van der Waals surface area contributed by atoms with E-state index in [-0.39, 0.29) is 0 Å². The smallest absolute Gasteiger partial charge is 0.231 e. The Bertz CT molecular complexity index is 688. The molecule has 2 N–H and O–H groups in total. The third-order valence-electron chi connectivity index (χ3n) is 4.05. The molecule has 3 heterocycles. The Hall–Kier alpha value is -2.15. The number of anilines is 2. The molecule has 3 rings (SSSR count). The largest absolute Gasteiger partial charge is 0.467 e. The minimum atomic E-state index is 0.481. The molecule has 0 radical (unpaired) electrons. The average Bonchev–Trinajstić information content (AvgIpc) is 3.06. The molecule has 0 saturated carbocycles. The van der Waals surface area contributed by atoms with Crippen LogP contribution in [-0.2, 0) is 6.54 Å². The van der Waals surface area contributed by atoms with Gasteiger partial charge >= 0.3 is 0 Å². The summed E-state index contributed by atoms with van der Waals surface area (Å²) in [7, 11) is 0. The van der Waals surface area contributed by atoms with Crippen molar-refractivity contribution >= 4 is 29.1 Å². The van der Waals surface area contributed by atoms with Gasteiger partial charge in [0, 0.05) is 24.8 Å². The van der Waals surface area contributed by atoms with Crippen LogP contribution in [-0.4, -0.2) is 28.2 Å². The summed E-state index contributed by atoms with van der Waals surface area (Å²) in [5, 5.41) is 6.64. The number of aromatic nitrogens is 2. The Kier molecular flexibility index (Phi) is 5.30. The highest BCUT2D eigenvalue weighted by atomic mass is 32.1. The van der Waals surface area contributed by atoms with Crippen LogP contribution < -0.4 is 15.5 Å². The molecule has 0 spiro atoms. The van der Waals surface area contributed by atoms with Crippen LogP contribution in [0.25, 0.3) is 0 Å².